The third-order valence-corrected chi connectivity index (χ3v) is 12.0. The van der Waals surface area contributed by atoms with Crippen molar-refractivity contribution >= 4 is 11.7 Å². The Balaban J connectivity index is 1.29. The molecule has 10 atom stereocenters. The lowest BCUT2D eigenvalue weighted by Gasteiger charge is -2.52. The summed E-state index contributed by atoms with van der Waals surface area (Å²) in [5.74, 6) is 4.50. The first kappa shape index (κ1) is 23.3. The number of carbonyl (C=O) groups excluding carboxylic acids is 2. The Bertz CT molecular complexity index is 924. The fraction of sp³-hybridized carbons (Fsp3) is 0.867. The molecule has 0 bridgehead atoms. The number of amides is 1. The van der Waals surface area contributed by atoms with Gasteiger partial charge in [0.05, 0.1) is 17.7 Å². The van der Waals surface area contributed by atoms with Gasteiger partial charge in [0, 0.05) is 32.2 Å². The number of allylic oxidation sites excluding steroid dienone is 1. The number of piperidine rings is 1. The zero-order valence-electron chi connectivity index (χ0n) is 22.1. The largest absolute Gasteiger partial charge is 0.369 e. The van der Waals surface area contributed by atoms with Crippen molar-refractivity contribution in [1.82, 2.24) is 4.90 Å². The minimum absolute atomic E-state index is 0.109. The molecule has 0 N–H and O–H groups in total. The molecule has 5 fully saturated rings. The molecular weight excluding hydrogens is 422 g/mol. The van der Waals surface area contributed by atoms with Crippen LogP contribution in [0.3, 0.4) is 0 Å². The third kappa shape index (κ3) is 3.26. The average molecular weight is 468 g/mol. The van der Waals surface area contributed by atoms with Gasteiger partial charge >= 0.3 is 0 Å². The molecule has 0 radical (unpaired) electrons. The quantitative estimate of drug-likeness (QED) is 0.414. The van der Waals surface area contributed by atoms with Crippen LogP contribution >= 0.6 is 0 Å². The number of carbonyl (C=O) groups is 2. The lowest BCUT2D eigenvalue weighted by atomic mass is 9.52. The summed E-state index contributed by atoms with van der Waals surface area (Å²) in [5, 5.41) is 0. The van der Waals surface area contributed by atoms with Crippen molar-refractivity contribution in [3.05, 3.63) is 11.1 Å². The van der Waals surface area contributed by atoms with Gasteiger partial charge in [0.2, 0.25) is 5.91 Å². The van der Waals surface area contributed by atoms with E-state index in [0.717, 1.165) is 56.9 Å². The van der Waals surface area contributed by atoms with E-state index in [0.29, 0.717) is 34.9 Å². The SMILES string of the molecule is CC(=O)N1C[C@@H](C)CC2O[C@]3(CC[C@@H]4C(=C(C)C3)C[C@H]3[C@H]4CCC4CC(=O)CCC43C)[C@H](C)[C@@H]21. The number of ketones is 1. The first-order valence-electron chi connectivity index (χ1n) is 14.3. The fourth-order valence-electron chi connectivity index (χ4n) is 10.2. The summed E-state index contributed by atoms with van der Waals surface area (Å²) in [4.78, 5) is 26.9. The molecule has 3 saturated carbocycles. The van der Waals surface area contributed by atoms with Crippen LogP contribution in [-0.2, 0) is 14.3 Å². The monoisotopic (exact) mass is 467 g/mol. The van der Waals surface area contributed by atoms with Crippen molar-refractivity contribution in [1.29, 1.82) is 0 Å². The van der Waals surface area contributed by atoms with E-state index in [2.05, 4.69) is 32.6 Å². The summed E-state index contributed by atoms with van der Waals surface area (Å²) >= 11 is 0. The van der Waals surface area contributed by atoms with Crippen LogP contribution in [0.2, 0.25) is 0 Å². The van der Waals surface area contributed by atoms with Gasteiger partial charge in [0.15, 0.2) is 0 Å². The number of nitrogens with zero attached hydrogens (tertiary/aromatic N) is 1. The van der Waals surface area contributed by atoms with Crippen LogP contribution in [0.25, 0.3) is 0 Å². The summed E-state index contributed by atoms with van der Waals surface area (Å²) in [6.45, 7) is 12.2. The van der Waals surface area contributed by atoms with E-state index in [1.807, 2.05) is 0 Å². The fourth-order valence-corrected chi connectivity index (χ4v) is 10.2. The van der Waals surface area contributed by atoms with E-state index in [-0.39, 0.29) is 23.7 Å². The number of ether oxygens (including phenoxy) is 1. The maximum Gasteiger partial charge on any atom is 0.219 e. The molecule has 2 aliphatic heterocycles. The van der Waals surface area contributed by atoms with Crippen LogP contribution in [0.15, 0.2) is 11.1 Å². The Morgan fingerprint density at radius 1 is 1.12 bits per heavy atom. The minimum atomic E-state index is -0.109. The highest BCUT2D eigenvalue weighted by Crippen LogP contribution is 2.65. The Morgan fingerprint density at radius 2 is 1.91 bits per heavy atom. The van der Waals surface area contributed by atoms with Gasteiger partial charge in [-0.15, -0.1) is 0 Å². The van der Waals surface area contributed by atoms with E-state index in [1.54, 1.807) is 18.1 Å². The van der Waals surface area contributed by atoms with Crippen molar-refractivity contribution in [3.8, 4) is 0 Å². The summed E-state index contributed by atoms with van der Waals surface area (Å²) in [6.07, 6.45) is 11.3. The van der Waals surface area contributed by atoms with E-state index in [4.69, 9.17) is 4.74 Å². The molecule has 34 heavy (non-hydrogen) atoms. The predicted octanol–water partition coefficient (Wildman–Crippen LogP) is 5.94. The molecule has 3 unspecified atom stereocenters. The minimum Gasteiger partial charge on any atom is -0.369 e. The van der Waals surface area contributed by atoms with Gasteiger partial charge < -0.3 is 9.64 Å². The Morgan fingerprint density at radius 3 is 2.68 bits per heavy atom. The highest BCUT2D eigenvalue weighted by Gasteiger charge is 2.60. The molecule has 4 heteroatoms. The number of likely N-dealkylation sites (tertiary alicyclic amines) is 1. The van der Waals surface area contributed by atoms with Crippen molar-refractivity contribution in [2.24, 2.45) is 40.9 Å². The molecule has 4 nitrogen and oxygen atoms in total. The second kappa shape index (κ2) is 7.92. The number of rotatable bonds is 0. The second-order valence-electron chi connectivity index (χ2n) is 13.6. The molecule has 6 rings (SSSR count). The highest BCUT2D eigenvalue weighted by molar-refractivity contribution is 5.79. The lowest BCUT2D eigenvalue weighted by molar-refractivity contribution is -0.137. The van der Waals surface area contributed by atoms with Crippen LogP contribution in [0.5, 0.6) is 0 Å². The van der Waals surface area contributed by atoms with Crippen LogP contribution in [-0.4, -0.2) is 40.9 Å². The van der Waals surface area contributed by atoms with E-state index < -0.39 is 0 Å². The molecule has 0 aromatic rings. The zero-order chi connectivity index (χ0) is 24.0. The summed E-state index contributed by atoms with van der Waals surface area (Å²) in [6, 6.07) is 0.242. The standard InChI is InChI=1S/C30H45NO3/c1-17-12-27-28(31(16-17)20(4)32)19(3)30(34-27)11-9-23-24-7-6-21-13-22(33)8-10-29(21,5)26(24)14-25(23)18(2)15-30/h17,19,21,23-24,26-28H,6-16H2,1-5H3/t17-,19+,21?,23-,24-,26-,27?,28-,29?,30-/m0/s1. The highest BCUT2D eigenvalue weighted by atomic mass is 16.5. The van der Waals surface area contributed by atoms with Crippen LogP contribution in [0, 0.1) is 40.9 Å². The van der Waals surface area contributed by atoms with Crippen molar-refractivity contribution in [3.63, 3.8) is 0 Å². The normalized spacial score (nSPS) is 50.5. The lowest BCUT2D eigenvalue weighted by Crippen LogP contribution is -2.53. The molecule has 2 heterocycles. The van der Waals surface area contributed by atoms with Crippen molar-refractivity contribution < 1.29 is 14.3 Å². The van der Waals surface area contributed by atoms with Gasteiger partial charge in [-0.25, -0.2) is 0 Å². The first-order chi connectivity index (χ1) is 16.1. The average Bonchev–Trinajstić information content (AvgIpc) is 3.24. The van der Waals surface area contributed by atoms with Crippen molar-refractivity contribution in [2.45, 2.75) is 117 Å². The molecule has 188 valence electrons. The van der Waals surface area contributed by atoms with Crippen LogP contribution < -0.4 is 0 Å². The second-order valence-corrected chi connectivity index (χ2v) is 13.6. The molecule has 0 aromatic heterocycles. The molecular formula is C30H45NO3. The molecule has 6 aliphatic rings. The molecule has 1 spiro atoms. The summed E-state index contributed by atoms with van der Waals surface area (Å²) < 4.78 is 7.06. The van der Waals surface area contributed by atoms with Gasteiger partial charge in [0.1, 0.15) is 5.78 Å². The summed E-state index contributed by atoms with van der Waals surface area (Å²) in [5.41, 5.74) is 3.60. The van der Waals surface area contributed by atoms with Gasteiger partial charge in [0.25, 0.3) is 0 Å². The molecule has 1 amide bonds. The smallest absolute Gasteiger partial charge is 0.219 e. The predicted molar refractivity (Wildman–Crippen MR) is 133 cm³/mol. The maximum atomic E-state index is 12.6. The molecule has 0 aromatic carbocycles. The van der Waals surface area contributed by atoms with Crippen LogP contribution in [0.4, 0.5) is 0 Å². The Hall–Kier alpha value is -1.16. The van der Waals surface area contributed by atoms with Gasteiger partial charge in [-0.2, -0.15) is 0 Å². The van der Waals surface area contributed by atoms with E-state index in [9.17, 15) is 9.59 Å². The third-order valence-electron chi connectivity index (χ3n) is 12.0. The van der Waals surface area contributed by atoms with Gasteiger partial charge in [-0.05, 0) is 93.3 Å². The number of hydrogen-bond donors (Lipinski definition) is 0. The van der Waals surface area contributed by atoms with Gasteiger partial charge in [-0.1, -0.05) is 31.9 Å². The summed E-state index contributed by atoms with van der Waals surface area (Å²) in [7, 11) is 0. The number of Topliss-reactive ketones (excluding diaryl/α,β-unsaturated/α-hetero) is 1. The van der Waals surface area contributed by atoms with Crippen LogP contribution in [0.1, 0.15) is 98.8 Å². The Kier molecular flexibility index (Phi) is 5.42. The molecule has 2 saturated heterocycles. The number of fused-ring (bicyclic) bond motifs is 6. The van der Waals surface area contributed by atoms with E-state index >= 15 is 0 Å². The maximum absolute atomic E-state index is 12.6. The first-order valence-corrected chi connectivity index (χ1v) is 14.3. The Labute approximate surface area is 206 Å². The van der Waals surface area contributed by atoms with Gasteiger partial charge in [-0.3, -0.25) is 9.59 Å². The number of hydrogen-bond acceptors (Lipinski definition) is 3. The van der Waals surface area contributed by atoms with E-state index in [1.165, 1.54) is 25.7 Å². The molecule has 4 aliphatic carbocycles. The zero-order valence-corrected chi connectivity index (χ0v) is 22.1. The van der Waals surface area contributed by atoms with Crippen molar-refractivity contribution in [2.75, 3.05) is 6.54 Å². The topological polar surface area (TPSA) is 46.6 Å².